The Kier molecular flexibility index (Phi) is 5.98. The van der Waals surface area contributed by atoms with Gasteiger partial charge in [-0.2, -0.15) is 0 Å². The van der Waals surface area contributed by atoms with Crippen LogP contribution < -0.4 is 15.8 Å². The molecule has 0 atom stereocenters. The summed E-state index contributed by atoms with van der Waals surface area (Å²) in [6, 6.07) is 20.0. The van der Waals surface area contributed by atoms with Crippen LogP contribution in [-0.4, -0.2) is 28.9 Å². The van der Waals surface area contributed by atoms with Gasteiger partial charge in [0, 0.05) is 48.9 Å². The Balaban J connectivity index is 1.37. The van der Waals surface area contributed by atoms with Crippen molar-refractivity contribution in [2.24, 2.45) is 0 Å². The van der Waals surface area contributed by atoms with Crippen LogP contribution in [0.5, 0.6) is 5.75 Å². The monoisotopic (exact) mass is 458 g/mol. The summed E-state index contributed by atoms with van der Waals surface area (Å²) in [4.78, 5) is 21.6. The number of nitrogen functional groups attached to an aromatic ring is 1. The summed E-state index contributed by atoms with van der Waals surface area (Å²) >= 11 is 1.35. The molecule has 1 aliphatic heterocycles. The molecule has 0 unspecified atom stereocenters. The van der Waals surface area contributed by atoms with Gasteiger partial charge in [-0.1, -0.05) is 36.4 Å². The molecule has 0 fully saturated rings. The summed E-state index contributed by atoms with van der Waals surface area (Å²) in [5.41, 5.74) is 11.2. The number of hydrogen-bond donors (Lipinski definition) is 2. The zero-order chi connectivity index (χ0) is 22.8. The largest absolute Gasteiger partial charge is 0.494 e. The summed E-state index contributed by atoms with van der Waals surface area (Å²) in [5, 5.41) is 3.79. The third-order valence-corrected chi connectivity index (χ3v) is 6.92. The van der Waals surface area contributed by atoms with Crippen LogP contribution in [0.3, 0.4) is 0 Å². The average Bonchev–Trinajstić information content (AvgIpc) is 3.14. The fourth-order valence-corrected chi connectivity index (χ4v) is 5.21. The molecular weight excluding hydrogens is 432 g/mol. The predicted octanol–water partition coefficient (Wildman–Crippen LogP) is 5.09. The van der Waals surface area contributed by atoms with Gasteiger partial charge in [0.05, 0.1) is 12.3 Å². The van der Waals surface area contributed by atoms with E-state index in [1.54, 1.807) is 0 Å². The maximum Gasteiger partial charge on any atom is 0.267 e. The van der Waals surface area contributed by atoms with E-state index < -0.39 is 0 Å². The smallest absolute Gasteiger partial charge is 0.267 e. The fourth-order valence-electron chi connectivity index (χ4n) is 4.22. The number of hydrogen-bond acceptors (Lipinski definition) is 6. The number of nitrogens with one attached hydrogen (secondary N) is 1. The molecule has 4 aromatic rings. The number of aromatic nitrogens is 1. The molecule has 3 N–H and O–H groups in total. The van der Waals surface area contributed by atoms with E-state index in [2.05, 4.69) is 40.5 Å². The minimum absolute atomic E-state index is 0.229. The Morgan fingerprint density at radius 1 is 1.18 bits per heavy atom. The average molecular weight is 459 g/mol. The SMILES string of the molecule is CCOc1cccc(NC(=O)c2sc3nc4c(cc3c2N)CN(Cc2ccccc2)CC4)c1. The summed E-state index contributed by atoms with van der Waals surface area (Å²) in [7, 11) is 0. The van der Waals surface area contributed by atoms with E-state index in [1.807, 2.05) is 37.3 Å². The molecular formula is C26H26N4O2S. The van der Waals surface area contributed by atoms with Crippen molar-refractivity contribution < 1.29 is 9.53 Å². The quantitative estimate of drug-likeness (QED) is 0.421. The number of thiophene rings is 1. The number of pyridine rings is 1. The predicted molar refractivity (Wildman–Crippen MR) is 134 cm³/mol. The Hall–Kier alpha value is -3.42. The van der Waals surface area contributed by atoms with Crippen LogP contribution in [0.25, 0.3) is 10.2 Å². The van der Waals surface area contributed by atoms with Crippen LogP contribution in [0.4, 0.5) is 11.4 Å². The maximum atomic E-state index is 13.0. The molecule has 7 heteroatoms. The van der Waals surface area contributed by atoms with Crippen LogP contribution in [0.15, 0.2) is 60.7 Å². The van der Waals surface area contributed by atoms with Crippen molar-refractivity contribution in [3.8, 4) is 5.75 Å². The molecule has 0 saturated carbocycles. The van der Waals surface area contributed by atoms with Crippen LogP contribution in [0.2, 0.25) is 0 Å². The lowest BCUT2D eigenvalue weighted by Crippen LogP contribution is -2.30. The molecule has 0 radical (unpaired) electrons. The first-order valence-electron chi connectivity index (χ1n) is 11.1. The summed E-state index contributed by atoms with van der Waals surface area (Å²) < 4.78 is 5.52. The van der Waals surface area contributed by atoms with E-state index in [-0.39, 0.29) is 5.91 Å². The number of carbonyl (C=O) groups excluding carboxylic acids is 1. The minimum atomic E-state index is -0.229. The summed E-state index contributed by atoms with van der Waals surface area (Å²) in [5.74, 6) is 0.488. The van der Waals surface area contributed by atoms with Gasteiger partial charge in [-0.05, 0) is 36.2 Å². The second kappa shape index (κ2) is 9.21. The first-order valence-corrected chi connectivity index (χ1v) is 11.9. The highest BCUT2D eigenvalue weighted by molar-refractivity contribution is 7.21. The zero-order valence-electron chi connectivity index (χ0n) is 18.5. The molecule has 5 rings (SSSR count). The second-order valence-electron chi connectivity index (χ2n) is 8.15. The van der Waals surface area contributed by atoms with Gasteiger partial charge in [0.15, 0.2) is 0 Å². The van der Waals surface area contributed by atoms with E-state index in [0.717, 1.165) is 42.0 Å². The number of nitrogens with zero attached hydrogens (tertiary/aromatic N) is 2. The molecule has 0 saturated heterocycles. The van der Waals surface area contributed by atoms with Crippen molar-refractivity contribution in [2.45, 2.75) is 26.4 Å². The van der Waals surface area contributed by atoms with Gasteiger partial charge in [0.1, 0.15) is 15.5 Å². The Morgan fingerprint density at radius 3 is 2.85 bits per heavy atom. The molecule has 0 bridgehead atoms. The highest BCUT2D eigenvalue weighted by atomic mass is 32.1. The third kappa shape index (κ3) is 4.55. The molecule has 168 valence electrons. The Labute approximate surface area is 197 Å². The van der Waals surface area contributed by atoms with Gasteiger partial charge in [0.2, 0.25) is 0 Å². The number of ether oxygens (including phenoxy) is 1. The molecule has 0 spiro atoms. The standard InChI is InChI=1S/C26H26N4O2S/c1-2-32-20-10-6-9-19(14-20)28-25(31)24-23(27)21-13-18-16-30(15-17-7-4-3-5-8-17)12-11-22(18)29-26(21)33-24/h3-10,13-14H,2,11-12,15-16,27H2,1H3,(H,28,31). The summed E-state index contributed by atoms with van der Waals surface area (Å²) in [6.07, 6.45) is 0.891. The molecule has 2 aromatic carbocycles. The van der Waals surface area contributed by atoms with Gasteiger partial charge in [-0.25, -0.2) is 4.98 Å². The van der Waals surface area contributed by atoms with Gasteiger partial charge in [-0.3, -0.25) is 9.69 Å². The Bertz CT molecular complexity index is 1300. The minimum Gasteiger partial charge on any atom is -0.494 e. The van der Waals surface area contributed by atoms with E-state index >= 15 is 0 Å². The first-order chi connectivity index (χ1) is 16.1. The lowest BCUT2D eigenvalue weighted by atomic mass is 10.0. The molecule has 1 aliphatic rings. The zero-order valence-corrected chi connectivity index (χ0v) is 19.3. The topological polar surface area (TPSA) is 80.5 Å². The van der Waals surface area contributed by atoms with Crippen molar-refractivity contribution in [1.82, 2.24) is 9.88 Å². The van der Waals surface area contributed by atoms with Crippen LogP contribution in [-0.2, 0) is 19.5 Å². The van der Waals surface area contributed by atoms with Crippen molar-refractivity contribution >= 4 is 38.8 Å². The van der Waals surface area contributed by atoms with Crippen molar-refractivity contribution in [3.05, 3.63) is 82.4 Å². The van der Waals surface area contributed by atoms with Crippen molar-refractivity contribution in [1.29, 1.82) is 0 Å². The number of nitrogens with two attached hydrogens (primary N) is 1. The number of carbonyl (C=O) groups is 1. The van der Waals surface area contributed by atoms with E-state index in [1.165, 1.54) is 22.5 Å². The Morgan fingerprint density at radius 2 is 2.03 bits per heavy atom. The lowest BCUT2D eigenvalue weighted by Gasteiger charge is -2.28. The van der Waals surface area contributed by atoms with Gasteiger partial charge >= 0.3 is 0 Å². The van der Waals surface area contributed by atoms with Crippen molar-refractivity contribution in [2.75, 3.05) is 24.2 Å². The van der Waals surface area contributed by atoms with Gasteiger partial charge in [0.25, 0.3) is 5.91 Å². The van der Waals surface area contributed by atoms with Crippen molar-refractivity contribution in [3.63, 3.8) is 0 Å². The molecule has 1 amide bonds. The molecule has 0 aliphatic carbocycles. The second-order valence-corrected chi connectivity index (χ2v) is 9.15. The highest BCUT2D eigenvalue weighted by Crippen LogP contribution is 2.35. The normalized spacial score (nSPS) is 13.6. The van der Waals surface area contributed by atoms with Gasteiger partial charge in [-0.15, -0.1) is 11.3 Å². The molecule has 2 aromatic heterocycles. The molecule has 33 heavy (non-hydrogen) atoms. The van der Waals surface area contributed by atoms with Crippen LogP contribution in [0, 0.1) is 0 Å². The molecule has 6 nitrogen and oxygen atoms in total. The number of rotatable bonds is 6. The van der Waals surface area contributed by atoms with Gasteiger partial charge < -0.3 is 15.8 Å². The maximum absolute atomic E-state index is 13.0. The summed E-state index contributed by atoms with van der Waals surface area (Å²) in [6.45, 7) is 5.20. The number of fused-ring (bicyclic) bond motifs is 2. The lowest BCUT2D eigenvalue weighted by molar-refractivity contribution is 0.103. The fraction of sp³-hybridized carbons (Fsp3) is 0.231. The number of amides is 1. The first kappa shape index (κ1) is 21.4. The highest BCUT2D eigenvalue weighted by Gasteiger charge is 2.23. The number of benzene rings is 2. The van der Waals surface area contributed by atoms with E-state index in [4.69, 9.17) is 15.5 Å². The number of anilines is 2. The molecule has 3 heterocycles. The van der Waals surface area contributed by atoms with E-state index in [9.17, 15) is 4.79 Å². The van der Waals surface area contributed by atoms with Crippen LogP contribution in [0.1, 0.15) is 33.4 Å². The third-order valence-electron chi connectivity index (χ3n) is 5.81. The van der Waals surface area contributed by atoms with E-state index in [0.29, 0.717) is 28.6 Å². The van der Waals surface area contributed by atoms with Crippen LogP contribution >= 0.6 is 11.3 Å².